The molecule has 17 heavy (non-hydrogen) atoms. The SMILES string of the molecule is CCCCCCCCCCCCCC(N)(N)N. The number of hydrogen-bond acceptors (Lipinski definition) is 3. The second kappa shape index (κ2) is 11.0. The summed E-state index contributed by atoms with van der Waals surface area (Å²) in [6.45, 7) is 2.26. The molecular weight excluding hydrogens is 210 g/mol. The minimum Gasteiger partial charge on any atom is -0.301 e. The van der Waals surface area contributed by atoms with Gasteiger partial charge in [-0.2, -0.15) is 0 Å². The standard InChI is InChI=1S/C14H33N3/c1-2-3-4-5-6-7-8-9-10-11-12-13-14(15,16)17/h2-13,15-17H2,1H3. The first kappa shape index (κ1) is 16.9. The zero-order valence-corrected chi connectivity index (χ0v) is 11.7. The van der Waals surface area contributed by atoms with Crippen LogP contribution in [0.2, 0.25) is 0 Å². The third kappa shape index (κ3) is 15.9. The van der Waals surface area contributed by atoms with E-state index in [1.165, 1.54) is 64.2 Å². The Kier molecular flexibility index (Phi) is 10.9. The highest BCUT2D eigenvalue weighted by Crippen LogP contribution is 2.12. The van der Waals surface area contributed by atoms with Gasteiger partial charge in [-0.15, -0.1) is 0 Å². The van der Waals surface area contributed by atoms with Gasteiger partial charge in [-0.3, -0.25) is 0 Å². The Morgan fingerprint density at radius 2 is 0.941 bits per heavy atom. The van der Waals surface area contributed by atoms with Crippen molar-refractivity contribution in [2.24, 2.45) is 17.2 Å². The molecule has 0 saturated heterocycles. The second-order valence-electron chi connectivity index (χ2n) is 5.40. The molecule has 0 heterocycles. The van der Waals surface area contributed by atoms with Crippen molar-refractivity contribution in [3.05, 3.63) is 0 Å². The molecule has 0 aliphatic rings. The number of unbranched alkanes of at least 4 members (excludes halogenated alkanes) is 10. The van der Waals surface area contributed by atoms with E-state index in [9.17, 15) is 0 Å². The first-order valence-corrected chi connectivity index (χ1v) is 7.43. The summed E-state index contributed by atoms with van der Waals surface area (Å²) in [5, 5.41) is 0. The summed E-state index contributed by atoms with van der Waals surface area (Å²) in [6, 6.07) is 0. The van der Waals surface area contributed by atoms with E-state index in [0.717, 1.165) is 12.8 Å². The Hall–Kier alpha value is -0.120. The largest absolute Gasteiger partial charge is 0.301 e. The lowest BCUT2D eigenvalue weighted by Gasteiger charge is -2.17. The average Bonchev–Trinajstić information content (AvgIpc) is 2.24. The molecule has 6 N–H and O–H groups in total. The number of hydrogen-bond donors (Lipinski definition) is 3. The summed E-state index contributed by atoms with van der Waals surface area (Å²) < 4.78 is 0. The molecule has 0 spiro atoms. The molecule has 0 unspecified atom stereocenters. The van der Waals surface area contributed by atoms with Crippen molar-refractivity contribution in [1.29, 1.82) is 0 Å². The van der Waals surface area contributed by atoms with E-state index in [0.29, 0.717) is 0 Å². The molecule has 0 fully saturated rings. The molecule has 0 bridgehead atoms. The molecular formula is C14H33N3. The minimum atomic E-state index is -0.959. The van der Waals surface area contributed by atoms with Crippen LogP contribution in [0.5, 0.6) is 0 Å². The molecule has 0 atom stereocenters. The maximum Gasteiger partial charge on any atom is 0.115 e. The summed E-state index contributed by atoms with van der Waals surface area (Å²) in [5.74, 6) is -0.959. The van der Waals surface area contributed by atoms with Crippen LogP contribution in [0.25, 0.3) is 0 Å². The van der Waals surface area contributed by atoms with Crippen molar-refractivity contribution >= 4 is 0 Å². The maximum absolute atomic E-state index is 5.51. The fourth-order valence-corrected chi connectivity index (χ4v) is 2.10. The molecule has 104 valence electrons. The molecule has 0 aliphatic carbocycles. The molecule has 0 amide bonds. The van der Waals surface area contributed by atoms with Gasteiger partial charge in [0.25, 0.3) is 0 Å². The van der Waals surface area contributed by atoms with Gasteiger partial charge in [-0.05, 0) is 12.8 Å². The summed E-state index contributed by atoms with van der Waals surface area (Å²) in [5.41, 5.74) is 16.5. The molecule has 0 saturated carbocycles. The summed E-state index contributed by atoms with van der Waals surface area (Å²) >= 11 is 0. The molecule has 0 radical (unpaired) electrons. The van der Waals surface area contributed by atoms with Gasteiger partial charge in [-0.1, -0.05) is 71.1 Å². The molecule has 0 aromatic carbocycles. The van der Waals surface area contributed by atoms with Crippen LogP contribution in [-0.2, 0) is 0 Å². The fraction of sp³-hybridized carbons (Fsp3) is 1.00. The Labute approximate surface area is 108 Å². The van der Waals surface area contributed by atoms with E-state index >= 15 is 0 Å². The van der Waals surface area contributed by atoms with Gasteiger partial charge in [0.15, 0.2) is 0 Å². The zero-order valence-electron chi connectivity index (χ0n) is 11.7. The van der Waals surface area contributed by atoms with Gasteiger partial charge in [0.2, 0.25) is 0 Å². The van der Waals surface area contributed by atoms with Crippen LogP contribution in [0, 0.1) is 0 Å². The van der Waals surface area contributed by atoms with Crippen LogP contribution in [0.1, 0.15) is 84.0 Å². The van der Waals surface area contributed by atoms with Crippen LogP contribution in [0.15, 0.2) is 0 Å². The predicted molar refractivity (Wildman–Crippen MR) is 76.4 cm³/mol. The lowest BCUT2D eigenvalue weighted by Crippen LogP contribution is -2.57. The van der Waals surface area contributed by atoms with Crippen molar-refractivity contribution < 1.29 is 0 Å². The van der Waals surface area contributed by atoms with E-state index in [1.807, 2.05) is 0 Å². The highest BCUT2D eigenvalue weighted by molar-refractivity contribution is 4.66. The Morgan fingerprint density at radius 1 is 0.588 bits per heavy atom. The van der Waals surface area contributed by atoms with Gasteiger partial charge in [-0.25, -0.2) is 0 Å². The van der Waals surface area contributed by atoms with Crippen LogP contribution >= 0.6 is 0 Å². The van der Waals surface area contributed by atoms with Gasteiger partial charge in [0, 0.05) is 0 Å². The lowest BCUT2D eigenvalue weighted by molar-refractivity contribution is 0.399. The van der Waals surface area contributed by atoms with Crippen molar-refractivity contribution in [2.45, 2.75) is 89.8 Å². The molecule has 0 aliphatic heterocycles. The third-order valence-electron chi connectivity index (χ3n) is 3.21. The second-order valence-corrected chi connectivity index (χ2v) is 5.40. The molecule has 3 heteroatoms. The van der Waals surface area contributed by atoms with E-state index in [1.54, 1.807) is 0 Å². The van der Waals surface area contributed by atoms with Gasteiger partial charge >= 0.3 is 0 Å². The van der Waals surface area contributed by atoms with E-state index < -0.39 is 5.79 Å². The smallest absolute Gasteiger partial charge is 0.115 e. The van der Waals surface area contributed by atoms with Gasteiger partial charge in [0.05, 0.1) is 0 Å². The van der Waals surface area contributed by atoms with Crippen molar-refractivity contribution in [3.8, 4) is 0 Å². The molecule has 3 nitrogen and oxygen atoms in total. The topological polar surface area (TPSA) is 78.1 Å². The summed E-state index contributed by atoms with van der Waals surface area (Å²) in [4.78, 5) is 0. The lowest BCUT2D eigenvalue weighted by atomic mass is 10.0. The quantitative estimate of drug-likeness (QED) is 0.364. The van der Waals surface area contributed by atoms with Crippen molar-refractivity contribution in [2.75, 3.05) is 0 Å². The molecule has 0 aromatic rings. The van der Waals surface area contributed by atoms with E-state index in [2.05, 4.69) is 6.92 Å². The van der Waals surface area contributed by atoms with Crippen LogP contribution in [-0.4, -0.2) is 5.79 Å². The number of rotatable bonds is 12. The predicted octanol–water partition coefficient (Wildman–Crippen LogP) is 3.22. The Morgan fingerprint density at radius 3 is 1.29 bits per heavy atom. The molecule has 0 rings (SSSR count). The van der Waals surface area contributed by atoms with E-state index in [4.69, 9.17) is 17.2 Å². The maximum atomic E-state index is 5.51. The monoisotopic (exact) mass is 243 g/mol. The number of nitrogens with two attached hydrogens (primary N) is 3. The Bertz CT molecular complexity index is 152. The third-order valence-corrected chi connectivity index (χ3v) is 3.21. The average molecular weight is 243 g/mol. The van der Waals surface area contributed by atoms with Crippen LogP contribution in [0.4, 0.5) is 0 Å². The summed E-state index contributed by atoms with van der Waals surface area (Å²) in [7, 11) is 0. The molecule has 0 aromatic heterocycles. The van der Waals surface area contributed by atoms with Crippen LogP contribution in [0.3, 0.4) is 0 Å². The fourth-order valence-electron chi connectivity index (χ4n) is 2.10. The van der Waals surface area contributed by atoms with E-state index in [-0.39, 0.29) is 0 Å². The first-order chi connectivity index (χ1) is 8.06. The normalized spacial score (nSPS) is 12.0. The van der Waals surface area contributed by atoms with Crippen molar-refractivity contribution in [1.82, 2.24) is 0 Å². The zero-order chi connectivity index (χ0) is 13.0. The highest BCUT2D eigenvalue weighted by Gasteiger charge is 2.09. The minimum absolute atomic E-state index is 0.726. The van der Waals surface area contributed by atoms with Crippen molar-refractivity contribution in [3.63, 3.8) is 0 Å². The summed E-state index contributed by atoms with van der Waals surface area (Å²) in [6.07, 6.45) is 15.4. The van der Waals surface area contributed by atoms with Gasteiger partial charge in [0.1, 0.15) is 5.79 Å². The van der Waals surface area contributed by atoms with Crippen LogP contribution < -0.4 is 17.2 Å². The highest BCUT2D eigenvalue weighted by atomic mass is 15.1. The first-order valence-electron chi connectivity index (χ1n) is 7.43. The Balaban J connectivity index is 2.99. The van der Waals surface area contributed by atoms with Gasteiger partial charge < -0.3 is 17.2 Å².